The quantitative estimate of drug-likeness (QED) is 0.576. The van der Waals surface area contributed by atoms with E-state index in [0.717, 1.165) is 0 Å². The first-order chi connectivity index (χ1) is 3.72. The van der Waals surface area contributed by atoms with Gasteiger partial charge in [-0.1, -0.05) is 6.92 Å². The zero-order chi connectivity index (χ0) is 6.57. The fourth-order valence-electron chi connectivity index (χ4n) is 0.297. The van der Waals surface area contributed by atoms with Crippen molar-refractivity contribution < 1.29 is 9.53 Å². The largest absolute Gasteiger partial charge is 0.469 e. The van der Waals surface area contributed by atoms with Gasteiger partial charge >= 0.3 is 5.97 Å². The van der Waals surface area contributed by atoms with Gasteiger partial charge in [0.15, 0.2) is 0 Å². The molecule has 4 heteroatoms. The molecule has 1 unspecified atom stereocenters. The molecule has 0 aliphatic rings. The van der Waals surface area contributed by atoms with Crippen molar-refractivity contribution >= 4 is 18.4 Å². The molecule has 0 spiro atoms. The van der Waals surface area contributed by atoms with E-state index in [9.17, 15) is 4.79 Å². The Morgan fingerprint density at radius 2 is 2.22 bits per heavy atom. The van der Waals surface area contributed by atoms with Crippen LogP contribution in [-0.4, -0.2) is 19.6 Å². The van der Waals surface area contributed by atoms with Gasteiger partial charge in [-0.2, -0.15) is 0 Å². The molecule has 0 aromatic rings. The molecule has 0 aliphatic carbocycles. The number of esters is 1. The average molecular weight is 154 g/mol. The Bertz CT molecular complexity index is 87.0. The molecule has 1 atom stereocenters. The summed E-state index contributed by atoms with van der Waals surface area (Å²) in [5, 5.41) is 0. The van der Waals surface area contributed by atoms with Crippen molar-refractivity contribution in [3.8, 4) is 0 Å². The van der Waals surface area contributed by atoms with Crippen molar-refractivity contribution in [3.05, 3.63) is 0 Å². The maximum absolute atomic E-state index is 10.4. The molecule has 0 heterocycles. The van der Waals surface area contributed by atoms with Crippen LogP contribution in [-0.2, 0) is 9.53 Å². The van der Waals surface area contributed by atoms with E-state index in [1.807, 2.05) is 0 Å². The highest BCUT2D eigenvalue weighted by Gasteiger charge is 2.08. The molecule has 0 fully saturated rings. The number of rotatable bonds is 2. The van der Waals surface area contributed by atoms with Crippen LogP contribution in [0.15, 0.2) is 0 Å². The van der Waals surface area contributed by atoms with Gasteiger partial charge in [0.1, 0.15) is 0 Å². The van der Waals surface area contributed by atoms with Crippen LogP contribution in [0.25, 0.3) is 0 Å². The van der Waals surface area contributed by atoms with E-state index in [-0.39, 0.29) is 24.3 Å². The normalized spacial score (nSPS) is 11.4. The van der Waals surface area contributed by atoms with E-state index < -0.39 is 0 Å². The summed E-state index contributed by atoms with van der Waals surface area (Å²) in [6.45, 7) is 2.08. The minimum absolute atomic E-state index is 0. The Kier molecular flexibility index (Phi) is 7.48. The van der Waals surface area contributed by atoms with Gasteiger partial charge in [0, 0.05) is 6.54 Å². The lowest BCUT2D eigenvalue weighted by Crippen LogP contribution is -2.21. The van der Waals surface area contributed by atoms with Crippen LogP contribution in [0.5, 0.6) is 0 Å². The number of carbonyl (C=O) groups is 1. The summed E-state index contributed by atoms with van der Waals surface area (Å²) in [6.07, 6.45) is 0. The number of ether oxygens (including phenoxy) is 1. The Hall–Kier alpha value is -0.280. The highest BCUT2D eigenvalue weighted by atomic mass is 35.5. The van der Waals surface area contributed by atoms with E-state index in [2.05, 4.69) is 4.74 Å². The molecule has 0 bridgehead atoms. The third-order valence-corrected chi connectivity index (χ3v) is 0.957. The van der Waals surface area contributed by atoms with Crippen LogP contribution in [0.1, 0.15) is 6.92 Å². The maximum Gasteiger partial charge on any atom is 0.309 e. The van der Waals surface area contributed by atoms with Crippen molar-refractivity contribution in [3.63, 3.8) is 0 Å². The number of methoxy groups -OCH3 is 1. The van der Waals surface area contributed by atoms with Crippen LogP contribution in [0.3, 0.4) is 0 Å². The highest BCUT2D eigenvalue weighted by Crippen LogP contribution is 1.91. The molecule has 0 aliphatic heterocycles. The van der Waals surface area contributed by atoms with Gasteiger partial charge in [-0.05, 0) is 0 Å². The predicted molar refractivity (Wildman–Crippen MR) is 37.5 cm³/mol. The van der Waals surface area contributed by atoms with Gasteiger partial charge in [0.2, 0.25) is 0 Å². The first kappa shape index (κ1) is 11.5. The number of nitrogens with two attached hydrogens (primary N) is 1. The summed E-state index contributed by atoms with van der Waals surface area (Å²) < 4.78 is 4.38. The molecule has 0 rings (SSSR count). The van der Waals surface area contributed by atoms with Gasteiger partial charge in [-0.3, -0.25) is 4.79 Å². The Morgan fingerprint density at radius 1 is 1.78 bits per heavy atom. The second-order valence-electron chi connectivity index (χ2n) is 1.66. The number of halogens is 1. The summed E-state index contributed by atoms with van der Waals surface area (Å²) >= 11 is 0. The average Bonchev–Trinajstić information content (AvgIpc) is 1.84. The van der Waals surface area contributed by atoms with Crippen molar-refractivity contribution in [1.29, 1.82) is 0 Å². The second-order valence-corrected chi connectivity index (χ2v) is 1.66. The molecule has 0 aromatic heterocycles. The smallest absolute Gasteiger partial charge is 0.309 e. The van der Waals surface area contributed by atoms with Gasteiger partial charge in [0.05, 0.1) is 13.0 Å². The van der Waals surface area contributed by atoms with Gasteiger partial charge in [-0.15, -0.1) is 12.4 Å². The predicted octanol–water partition coefficient (Wildman–Crippen LogP) is 0.176. The van der Waals surface area contributed by atoms with Gasteiger partial charge < -0.3 is 10.5 Å². The van der Waals surface area contributed by atoms with Crippen molar-refractivity contribution in [2.45, 2.75) is 6.92 Å². The SMILES string of the molecule is COC(=O)C(C)CN.Cl. The monoisotopic (exact) mass is 153 g/mol. The highest BCUT2D eigenvalue weighted by molar-refractivity contribution is 5.85. The fraction of sp³-hybridized carbons (Fsp3) is 0.800. The second kappa shape index (κ2) is 5.85. The fourth-order valence-corrected chi connectivity index (χ4v) is 0.297. The molecular weight excluding hydrogens is 142 g/mol. The summed E-state index contributed by atoms with van der Waals surface area (Å²) in [7, 11) is 1.36. The van der Waals surface area contributed by atoms with Crippen LogP contribution < -0.4 is 5.73 Å². The summed E-state index contributed by atoms with van der Waals surface area (Å²) in [4.78, 5) is 10.4. The molecule has 9 heavy (non-hydrogen) atoms. The third-order valence-electron chi connectivity index (χ3n) is 0.957. The zero-order valence-corrected chi connectivity index (χ0v) is 6.40. The first-order valence-corrected chi connectivity index (χ1v) is 2.50. The molecule has 0 radical (unpaired) electrons. The van der Waals surface area contributed by atoms with Crippen LogP contribution >= 0.6 is 12.4 Å². The zero-order valence-electron chi connectivity index (χ0n) is 5.59. The summed E-state index contributed by atoms with van der Waals surface area (Å²) in [5.41, 5.74) is 5.15. The standard InChI is InChI=1S/C5H11NO2.ClH/c1-4(3-6)5(7)8-2;/h4H,3,6H2,1-2H3;1H. The lowest BCUT2D eigenvalue weighted by atomic mass is 10.2. The Labute approximate surface area is 61.0 Å². The summed E-state index contributed by atoms with van der Waals surface area (Å²) in [5.74, 6) is -0.410. The number of hydrogen-bond acceptors (Lipinski definition) is 3. The van der Waals surface area contributed by atoms with Gasteiger partial charge in [0.25, 0.3) is 0 Å². The minimum Gasteiger partial charge on any atom is -0.469 e. The molecular formula is C5H12ClNO2. The number of hydrogen-bond donors (Lipinski definition) is 1. The number of carbonyl (C=O) groups excluding carboxylic acids is 1. The van der Waals surface area contributed by atoms with E-state index in [1.165, 1.54) is 7.11 Å². The molecule has 0 saturated heterocycles. The van der Waals surface area contributed by atoms with Crippen LogP contribution in [0.4, 0.5) is 0 Å². The lowest BCUT2D eigenvalue weighted by molar-refractivity contribution is -0.144. The minimum atomic E-state index is -0.243. The van der Waals surface area contributed by atoms with Crippen LogP contribution in [0.2, 0.25) is 0 Å². The van der Waals surface area contributed by atoms with Crippen molar-refractivity contribution in [1.82, 2.24) is 0 Å². The van der Waals surface area contributed by atoms with E-state index in [0.29, 0.717) is 6.54 Å². The molecule has 0 amide bonds. The van der Waals surface area contributed by atoms with Crippen molar-refractivity contribution in [2.75, 3.05) is 13.7 Å². The summed E-state index contributed by atoms with van der Waals surface area (Å²) in [6, 6.07) is 0. The molecule has 0 saturated carbocycles. The van der Waals surface area contributed by atoms with E-state index >= 15 is 0 Å². The van der Waals surface area contributed by atoms with Gasteiger partial charge in [-0.25, -0.2) is 0 Å². The molecule has 0 aromatic carbocycles. The molecule has 56 valence electrons. The van der Waals surface area contributed by atoms with E-state index in [4.69, 9.17) is 5.73 Å². The third kappa shape index (κ3) is 4.24. The molecule has 3 nitrogen and oxygen atoms in total. The van der Waals surface area contributed by atoms with E-state index in [1.54, 1.807) is 6.92 Å². The first-order valence-electron chi connectivity index (χ1n) is 2.50. The van der Waals surface area contributed by atoms with Crippen LogP contribution in [0, 0.1) is 5.92 Å². The lowest BCUT2D eigenvalue weighted by Gasteiger charge is -2.02. The maximum atomic E-state index is 10.4. The molecule has 2 N–H and O–H groups in total. The topological polar surface area (TPSA) is 52.3 Å². The Morgan fingerprint density at radius 3 is 2.33 bits per heavy atom. The Balaban J connectivity index is 0. The van der Waals surface area contributed by atoms with Crippen molar-refractivity contribution in [2.24, 2.45) is 11.7 Å².